The van der Waals surface area contributed by atoms with E-state index in [2.05, 4.69) is 10.3 Å². The van der Waals surface area contributed by atoms with E-state index in [1.54, 1.807) is 30.3 Å². The Morgan fingerprint density at radius 2 is 2.00 bits per heavy atom. The van der Waals surface area contributed by atoms with Gasteiger partial charge < -0.3 is 19.4 Å². The number of hydrogen-bond acceptors (Lipinski definition) is 4. The number of alkyl halides is 3. The molecule has 2 aromatic heterocycles. The molecule has 0 saturated heterocycles. The van der Waals surface area contributed by atoms with Crippen molar-refractivity contribution in [3.63, 3.8) is 0 Å². The first kappa shape index (κ1) is 18.1. The van der Waals surface area contributed by atoms with Gasteiger partial charge in [-0.15, -0.1) is 0 Å². The Labute approximate surface area is 157 Å². The molecular formula is C19H16F3N3O3. The van der Waals surface area contributed by atoms with Crippen LogP contribution in [0.4, 0.5) is 13.2 Å². The first-order chi connectivity index (χ1) is 13.4. The minimum Gasteiger partial charge on any atom is -0.454 e. The van der Waals surface area contributed by atoms with Gasteiger partial charge in [-0.1, -0.05) is 6.07 Å². The Bertz CT molecular complexity index is 1030. The zero-order valence-electron chi connectivity index (χ0n) is 14.6. The Kier molecular flexibility index (Phi) is 4.58. The van der Waals surface area contributed by atoms with Crippen LogP contribution in [-0.4, -0.2) is 22.3 Å². The van der Waals surface area contributed by atoms with Gasteiger partial charge in [0, 0.05) is 31.1 Å². The van der Waals surface area contributed by atoms with Crippen LogP contribution < -0.4 is 14.8 Å². The lowest BCUT2D eigenvalue weighted by Crippen LogP contribution is -2.25. The van der Waals surface area contributed by atoms with Crippen LogP contribution in [0.5, 0.6) is 11.5 Å². The monoisotopic (exact) mass is 391 g/mol. The number of pyridine rings is 1. The molecule has 146 valence electrons. The number of halogens is 3. The molecule has 1 aromatic carbocycles. The number of rotatable bonds is 5. The average molecular weight is 391 g/mol. The summed E-state index contributed by atoms with van der Waals surface area (Å²) < 4.78 is 51.5. The van der Waals surface area contributed by atoms with Gasteiger partial charge in [0.15, 0.2) is 11.5 Å². The summed E-state index contributed by atoms with van der Waals surface area (Å²) in [5.41, 5.74) is 0.199. The average Bonchev–Trinajstić information content (AvgIpc) is 3.28. The molecule has 28 heavy (non-hydrogen) atoms. The number of aromatic nitrogens is 2. The van der Waals surface area contributed by atoms with E-state index >= 15 is 0 Å². The second kappa shape index (κ2) is 7.06. The Balaban J connectivity index is 1.42. The molecule has 1 N–H and O–H groups in total. The van der Waals surface area contributed by atoms with E-state index in [9.17, 15) is 18.0 Å². The quantitative estimate of drug-likeness (QED) is 0.723. The summed E-state index contributed by atoms with van der Waals surface area (Å²) in [4.78, 5) is 16.2. The van der Waals surface area contributed by atoms with E-state index in [0.717, 1.165) is 16.2 Å². The Morgan fingerprint density at radius 3 is 2.82 bits per heavy atom. The van der Waals surface area contributed by atoms with Crippen molar-refractivity contribution in [3.8, 4) is 11.5 Å². The van der Waals surface area contributed by atoms with E-state index in [1.165, 1.54) is 6.20 Å². The molecule has 0 unspecified atom stereocenters. The summed E-state index contributed by atoms with van der Waals surface area (Å²) in [5, 5.41) is 3.09. The zero-order valence-corrected chi connectivity index (χ0v) is 14.6. The van der Waals surface area contributed by atoms with Crippen molar-refractivity contribution in [2.24, 2.45) is 0 Å². The number of benzene rings is 1. The smallest absolute Gasteiger partial charge is 0.431 e. The molecule has 1 aliphatic rings. The highest BCUT2D eigenvalue weighted by molar-refractivity contribution is 5.79. The molecule has 3 aromatic rings. The molecule has 3 heterocycles. The fourth-order valence-electron chi connectivity index (χ4n) is 3.10. The van der Waals surface area contributed by atoms with Crippen LogP contribution in [0.2, 0.25) is 0 Å². The van der Waals surface area contributed by atoms with Crippen molar-refractivity contribution in [1.82, 2.24) is 14.9 Å². The topological polar surface area (TPSA) is 65.4 Å². The Morgan fingerprint density at radius 1 is 1.18 bits per heavy atom. The lowest BCUT2D eigenvalue weighted by atomic mass is 10.2. The second-order valence-corrected chi connectivity index (χ2v) is 6.31. The summed E-state index contributed by atoms with van der Waals surface area (Å²) in [6.07, 6.45) is -3.20. The fourth-order valence-corrected chi connectivity index (χ4v) is 3.10. The number of carbonyl (C=O) groups excluding carboxylic acids is 1. The van der Waals surface area contributed by atoms with Crippen LogP contribution in [0, 0.1) is 0 Å². The number of aryl methyl sites for hydroxylation is 1. The predicted molar refractivity (Wildman–Crippen MR) is 93.8 cm³/mol. The molecule has 0 bridgehead atoms. The van der Waals surface area contributed by atoms with Crippen LogP contribution in [0.1, 0.15) is 17.7 Å². The summed E-state index contributed by atoms with van der Waals surface area (Å²) >= 11 is 0. The standard InChI is InChI=1S/C19H16F3N3O3/c20-19(21,22)16-9-13-2-1-6-23-18(13)25(16)7-5-17(26)24-10-12-3-4-14-15(8-12)28-11-27-14/h1-4,6,8-9H,5,7,10-11H2,(H,24,26). The molecule has 9 heteroatoms. The van der Waals surface area contributed by atoms with Gasteiger partial charge in [-0.25, -0.2) is 4.98 Å². The van der Waals surface area contributed by atoms with E-state index in [4.69, 9.17) is 9.47 Å². The van der Waals surface area contributed by atoms with Crippen molar-refractivity contribution in [2.45, 2.75) is 25.7 Å². The van der Waals surface area contributed by atoms with E-state index in [1.807, 2.05) is 0 Å². The predicted octanol–water partition coefficient (Wildman–Crippen LogP) is 3.49. The van der Waals surface area contributed by atoms with Gasteiger partial charge in [0.2, 0.25) is 12.7 Å². The van der Waals surface area contributed by atoms with Gasteiger partial charge in [0.25, 0.3) is 0 Å². The first-order valence-corrected chi connectivity index (χ1v) is 8.58. The molecule has 0 fully saturated rings. The molecule has 1 aliphatic heterocycles. The minimum absolute atomic E-state index is 0.103. The maximum absolute atomic E-state index is 13.3. The molecule has 6 nitrogen and oxygen atoms in total. The van der Waals surface area contributed by atoms with Gasteiger partial charge in [-0.3, -0.25) is 4.79 Å². The molecule has 1 amide bonds. The number of ether oxygens (including phenoxy) is 2. The van der Waals surface area contributed by atoms with Crippen molar-refractivity contribution < 1.29 is 27.4 Å². The zero-order chi connectivity index (χ0) is 19.7. The lowest BCUT2D eigenvalue weighted by molar-refractivity contribution is -0.143. The number of nitrogens with one attached hydrogen (secondary N) is 1. The third-order valence-corrected chi connectivity index (χ3v) is 4.44. The molecule has 4 rings (SSSR count). The molecular weight excluding hydrogens is 375 g/mol. The number of nitrogens with zero attached hydrogens (tertiary/aromatic N) is 2. The van der Waals surface area contributed by atoms with Crippen LogP contribution in [0.25, 0.3) is 11.0 Å². The van der Waals surface area contributed by atoms with Crippen molar-refractivity contribution in [2.75, 3.05) is 6.79 Å². The highest BCUT2D eigenvalue weighted by Crippen LogP contribution is 2.34. The van der Waals surface area contributed by atoms with Crippen LogP contribution >= 0.6 is 0 Å². The first-order valence-electron chi connectivity index (χ1n) is 8.58. The van der Waals surface area contributed by atoms with E-state index in [-0.39, 0.29) is 37.9 Å². The van der Waals surface area contributed by atoms with E-state index in [0.29, 0.717) is 16.9 Å². The molecule has 0 radical (unpaired) electrons. The summed E-state index contributed by atoms with van der Waals surface area (Å²) in [6, 6.07) is 9.48. The van der Waals surface area contributed by atoms with Crippen LogP contribution in [0.3, 0.4) is 0 Å². The summed E-state index contributed by atoms with van der Waals surface area (Å²) in [5.74, 6) is 0.886. The van der Waals surface area contributed by atoms with Crippen molar-refractivity contribution in [1.29, 1.82) is 0 Å². The van der Waals surface area contributed by atoms with Gasteiger partial charge in [-0.2, -0.15) is 13.2 Å². The molecule has 0 atom stereocenters. The molecule has 0 saturated carbocycles. The Hall–Kier alpha value is -3.23. The number of fused-ring (bicyclic) bond motifs is 2. The second-order valence-electron chi connectivity index (χ2n) is 6.31. The maximum atomic E-state index is 13.3. The third-order valence-electron chi connectivity index (χ3n) is 4.44. The minimum atomic E-state index is -4.52. The van der Waals surface area contributed by atoms with Gasteiger partial charge in [0.1, 0.15) is 11.3 Å². The van der Waals surface area contributed by atoms with Crippen molar-refractivity contribution in [3.05, 3.63) is 53.9 Å². The summed E-state index contributed by atoms with van der Waals surface area (Å²) in [6.45, 7) is 0.278. The van der Waals surface area contributed by atoms with Crippen LogP contribution in [-0.2, 0) is 24.1 Å². The van der Waals surface area contributed by atoms with Gasteiger partial charge in [-0.05, 0) is 35.9 Å². The van der Waals surface area contributed by atoms with Gasteiger partial charge >= 0.3 is 6.18 Å². The van der Waals surface area contributed by atoms with Crippen molar-refractivity contribution >= 4 is 16.9 Å². The molecule has 0 spiro atoms. The highest BCUT2D eigenvalue weighted by Gasteiger charge is 2.35. The number of hydrogen-bond donors (Lipinski definition) is 1. The highest BCUT2D eigenvalue weighted by atomic mass is 19.4. The van der Waals surface area contributed by atoms with Crippen LogP contribution in [0.15, 0.2) is 42.6 Å². The van der Waals surface area contributed by atoms with E-state index < -0.39 is 11.9 Å². The summed E-state index contributed by atoms with van der Waals surface area (Å²) in [7, 11) is 0. The lowest BCUT2D eigenvalue weighted by Gasteiger charge is -2.12. The SMILES string of the molecule is O=C(CCn1c(C(F)(F)F)cc2cccnc21)NCc1ccc2c(c1)OCO2. The largest absolute Gasteiger partial charge is 0.454 e. The number of amides is 1. The molecule has 0 aliphatic carbocycles. The van der Waals surface area contributed by atoms with Gasteiger partial charge in [0.05, 0.1) is 0 Å². The number of carbonyl (C=O) groups is 1. The third kappa shape index (κ3) is 3.60. The maximum Gasteiger partial charge on any atom is 0.431 e. The fraction of sp³-hybridized carbons (Fsp3) is 0.263. The normalized spacial score (nSPS) is 13.1.